The van der Waals surface area contributed by atoms with E-state index in [-0.39, 0.29) is 40.5 Å². The van der Waals surface area contributed by atoms with E-state index >= 15 is 0 Å². The Hall–Kier alpha value is -1.54. The van der Waals surface area contributed by atoms with Crippen LogP contribution in [0.1, 0.15) is 62.3 Å². The van der Waals surface area contributed by atoms with Crippen molar-refractivity contribution in [2.24, 2.45) is 11.3 Å². The third-order valence-electron chi connectivity index (χ3n) is 5.88. The van der Waals surface area contributed by atoms with E-state index < -0.39 is 11.5 Å². The molecule has 0 saturated carbocycles. The predicted molar refractivity (Wildman–Crippen MR) is 131 cm³/mol. The van der Waals surface area contributed by atoms with Crippen molar-refractivity contribution in [3.05, 3.63) is 11.6 Å². The van der Waals surface area contributed by atoms with Gasteiger partial charge in [-0.2, -0.15) is 0 Å². The summed E-state index contributed by atoms with van der Waals surface area (Å²) in [4.78, 5) is 42.7. The second kappa shape index (κ2) is 11.1. The van der Waals surface area contributed by atoms with Crippen molar-refractivity contribution in [1.82, 2.24) is 15.1 Å². The maximum Gasteiger partial charge on any atom is 0.333 e. The molecule has 0 spiro atoms. The molecule has 1 fully saturated rings. The van der Waals surface area contributed by atoms with Crippen LogP contribution in [0.4, 0.5) is 0 Å². The van der Waals surface area contributed by atoms with E-state index in [9.17, 15) is 14.4 Å². The molecule has 7 nitrogen and oxygen atoms in total. The van der Waals surface area contributed by atoms with Crippen LogP contribution in [0.5, 0.6) is 0 Å². The van der Waals surface area contributed by atoms with E-state index in [2.05, 4.69) is 19.2 Å². The molecule has 1 heterocycles. The third-order valence-corrected chi connectivity index (χ3v) is 7.39. The number of hydrogen-bond donors (Lipinski definition) is 1. The summed E-state index contributed by atoms with van der Waals surface area (Å²) in [7, 11) is 3.66. The quantitative estimate of drug-likeness (QED) is 0.434. The molecule has 0 radical (unpaired) electrons. The molecule has 32 heavy (non-hydrogen) atoms. The smallest absolute Gasteiger partial charge is 0.333 e. The van der Waals surface area contributed by atoms with Crippen LogP contribution < -0.4 is 5.32 Å². The number of nitrogens with zero attached hydrogens (tertiary/aromatic N) is 2. The maximum atomic E-state index is 13.7. The van der Waals surface area contributed by atoms with Crippen molar-refractivity contribution < 1.29 is 19.1 Å². The van der Waals surface area contributed by atoms with E-state index in [0.717, 1.165) is 5.88 Å². The van der Waals surface area contributed by atoms with Gasteiger partial charge in [-0.3, -0.25) is 14.5 Å². The largest absolute Gasteiger partial charge is 0.463 e. The number of rotatable bonds is 8. The summed E-state index contributed by atoms with van der Waals surface area (Å²) in [5.41, 5.74) is -0.0235. The minimum absolute atomic E-state index is 0.0703. The standard InChI is InChI=1S/C24H43N3O4S/c1-12-31-22(30)16(4)13-17(15(2)3)27(11)21(29)18(23(5,6)7)25-20(28)19-24(8,9)32-14-26(19)10/h13,15,17-19H,12,14H2,1-11H3,(H,25,28)/b16-13+/t17-,18-,19?/m1/s1. The van der Waals surface area contributed by atoms with Crippen molar-refractivity contribution >= 4 is 29.5 Å². The highest BCUT2D eigenvalue weighted by Crippen LogP contribution is 2.38. The van der Waals surface area contributed by atoms with Gasteiger partial charge in [-0.25, -0.2) is 4.79 Å². The summed E-state index contributed by atoms with van der Waals surface area (Å²) in [6.45, 7) is 17.7. The highest BCUT2D eigenvalue weighted by molar-refractivity contribution is 8.00. The fourth-order valence-electron chi connectivity index (χ4n) is 4.01. The Labute approximate surface area is 198 Å². The third kappa shape index (κ3) is 6.98. The van der Waals surface area contributed by atoms with Crippen LogP contribution in [0.3, 0.4) is 0 Å². The molecule has 0 aromatic carbocycles. The van der Waals surface area contributed by atoms with E-state index in [1.54, 1.807) is 43.6 Å². The first kappa shape index (κ1) is 28.5. The van der Waals surface area contributed by atoms with E-state index in [1.165, 1.54) is 0 Å². The summed E-state index contributed by atoms with van der Waals surface area (Å²) < 4.78 is 4.85. The number of thioether (sulfide) groups is 1. The second-order valence-electron chi connectivity index (χ2n) is 10.6. The highest BCUT2D eigenvalue weighted by Gasteiger charge is 2.46. The summed E-state index contributed by atoms with van der Waals surface area (Å²) in [6, 6.07) is -1.33. The first-order chi connectivity index (χ1) is 14.5. The Bertz CT molecular complexity index is 727. The molecule has 1 aliphatic rings. The van der Waals surface area contributed by atoms with Gasteiger partial charge in [0.25, 0.3) is 0 Å². The molecular formula is C24H43N3O4S. The number of hydrogen-bond acceptors (Lipinski definition) is 6. The van der Waals surface area contributed by atoms with Gasteiger partial charge in [-0.05, 0) is 46.1 Å². The monoisotopic (exact) mass is 469 g/mol. The number of carbonyl (C=O) groups excluding carboxylic acids is 3. The van der Waals surface area contributed by atoms with Gasteiger partial charge < -0.3 is 15.0 Å². The Morgan fingerprint density at radius 2 is 1.84 bits per heavy atom. The lowest BCUT2D eigenvalue weighted by Crippen LogP contribution is -2.60. The van der Waals surface area contributed by atoms with Gasteiger partial charge in [0.15, 0.2) is 0 Å². The van der Waals surface area contributed by atoms with Crippen LogP contribution >= 0.6 is 11.8 Å². The number of esters is 1. The molecule has 1 saturated heterocycles. The van der Waals surface area contributed by atoms with Gasteiger partial charge in [0.1, 0.15) is 12.1 Å². The van der Waals surface area contributed by atoms with Gasteiger partial charge in [0.05, 0.1) is 12.6 Å². The number of nitrogens with one attached hydrogen (secondary N) is 1. The van der Waals surface area contributed by atoms with Crippen molar-refractivity contribution in [2.75, 3.05) is 26.6 Å². The van der Waals surface area contributed by atoms with Crippen LogP contribution in [0.15, 0.2) is 11.6 Å². The molecule has 1 aliphatic heterocycles. The molecule has 0 aromatic heterocycles. The Morgan fingerprint density at radius 1 is 1.28 bits per heavy atom. The first-order valence-electron chi connectivity index (χ1n) is 11.3. The van der Waals surface area contributed by atoms with Crippen molar-refractivity contribution in [3.63, 3.8) is 0 Å². The summed E-state index contributed by atoms with van der Waals surface area (Å²) in [6.07, 6.45) is 1.78. The lowest BCUT2D eigenvalue weighted by Gasteiger charge is -2.39. The lowest BCUT2D eigenvalue weighted by atomic mass is 9.84. The first-order valence-corrected chi connectivity index (χ1v) is 12.3. The van der Waals surface area contributed by atoms with Gasteiger partial charge in [0, 0.05) is 23.2 Å². The van der Waals surface area contributed by atoms with Gasteiger partial charge >= 0.3 is 5.97 Å². The summed E-state index contributed by atoms with van der Waals surface area (Å²) >= 11 is 1.73. The normalized spacial score (nSPS) is 21.2. The average molecular weight is 470 g/mol. The topological polar surface area (TPSA) is 79.0 Å². The lowest BCUT2D eigenvalue weighted by molar-refractivity contribution is -0.141. The highest BCUT2D eigenvalue weighted by atomic mass is 32.2. The number of ether oxygens (including phenoxy) is 1. The van der Waals surface area contributed by atoms with Crippen LogP contribution in [0, 0.1) is 11.3 Å². The van der Waals surface area contributed by atoms with Crippen molar-refractivity contribution in [3.8, 4) is 0 Å². The Kier molecular flexibility index (Phi) is 9.84. The molecule has 2 amide bonds. The minimum Gasteiger partial charge on any atom is -0.463 e. The maximum absolute atomic E-state index is 13.7. The zero-order valence-corrected chi connectivity index (χ0v) is 22.6. The fourth-order valence-corrected chi connectivity index (χ4v) is 5.14. The summed E-state index contributed by atoms with van der Waals surface area (Å²) in [5.74, 6) is 0.142. The van der Waals surface area contributed by atoms with Crippen molar-refractivity contribution in [2.45, 2.75) is 85.2 Å². The molecule has 3 atom stereocenters. The van der Waals surface area contributed by atoms with Gasteiger partial charge in [-0.15, -0.1) is 11.8 Å². The molecule has 1 unspecified atom stereocenters. The molecule has 8 heteroatoms. The number of carbonyl (C=O) groups is 3. The van der Waals surface area contributed by atoms with E-state index in [0.29, 0.717) is 12.2 Å². The second-order valence-corrected chi connectivity index (χ2v) is 12.2. The number of amides is 2. The predicted octanol–water partition coefficient (Wildman–Crippen LogP) is 3.29. The molecule has 184 valence electrons. The summed E-state index contributed by atoms with van der Waals surface area (Å²) in [5, 5.41) is 3.06. The Morgan fingerprint density at radius 3 is 2.25 bits per heavy atom. The van der Waals surface area contributed by atoms with Gasteiger partial charge in [0.2, 0.25) is 11.8 Å². The van der Waals surface area contributed by atoms with Crippen molar-refractivity contribution in [1.29, 1.82) is 0 Å². The van der Waals surface area contributed by atoms with Crippen LogP contribution in [-0.4, -0.2) is 77.0 Å². The van der Waals surface area contributed by atoms with Crippen LogP contribution in [-0.2, 0) is 19.1 Å². The Balaban J connectivity index is 3.18. The molecule has 0 bridgehead atoms. The zero-order valence-electron chi connectivity index (χ0n) is 21.7. The molecule has 0 aliphatic carbocycles. The van der Waals surface area contributed by atoms with Crippen LogP contribution in [0.25, 0.3) is 0 Å². The fraction of sp³-hybridized carbons (Fsp3) is 0.792. The van der Waals surface area contributed by atoms with Gasteiger partial charge in [-0.1, -0.05) is 40.7 Å². The average Bonchev–Trinajstić information content (AvgIpc) is 2.94. The van der Waals surface area contributed by atoms with E-state index in [1.807, 2.05) is 46.6 Å². The zero-order chi connectivity index (χ0) is 25.0. The molecule has 0 aromatic rings. The minimum atomic E-state index is -0.702. The molecular weight excluding hydrogens is 426 g/mol. The van der Waals surface area contributed by atoms with Crippen LogP contribution in [0.2, 0.25) is 0 Å². The SMILES string of the molecule is CCOC(=O)/C(C)=C/[C@H](C(C)C)N(C)C(=O)[C@@H](NC(=O)C1N(C)CSC1(C)C)C(C)(C)C. The molecule has 1 N–H and O–H groups in total. The van der Waals surface area contributed by atoms with E-state index in [4.69, 9.17) is 4.74 Å². The molecule has 1 rings (SSSR count). The number of likely N-dealkylation sites (N-methyl/N-ethyl adjacent to an activating group) is 2.